The number of nitrogens with one attached hydrogen (secondary N) is 1. The van der Waals surface area contributed by atoms with Gasteiger partial charge in [-0.15, -0.1) is 0 Å². The quantitative estimate of drug-likeness (QED) is 0.644. The molecule has 1 saturated heterocycles. The maximum atomic E-state index is 11.6. The molecule has 1 fully saturated rings. The molecule has 0 aromatic carbocycles. The van der Waals surface area contributed by atoms with E-state index in [2.05, 4.69) is 10.2 Å². The minimum Gasteiger partial charge on any atom is -0.444 e. The molecule has 0 saturated carbocycles. The predicted octanol–water partition coefficient (Wildman–Crippen LogP) is 0.860. The van der Waals surface area contributed by atoms with E-state index in [4.69, 9.17) is 9.29 Å². The molecule has 0 bridgehead atoms. The summed E-state index contributed by atoms with van der Waals surface area (Å²) in [5.74, 6) is 0. The Morgan fingerprint density at radius 2 is 1.78 bits per heavy atom. The summed E-state index contributed by atoms with van der Waals surface area (Å²) >= 11 is 0. The van der Waals surface area contributed by atoms with Crippen molar-refractivity contribution in [2.24, 2.45) is 0 Å². The maximum absolute atomic E-state index is 11.6. The van der Waals surface area contributed by atoms with E-state index in [9.17, 15) is 18.3 Å². The third kappa shape index (κ3) is 15.8. The van der Waals surface area contributed by atoms with Crippen molar-refractivity contribution in [1.82, 2.24) is 10.2 Å². The molecule has 138 valence electrons. The number of ether oxygens (including phenoxy) is 1. The lowest BCUT2D eigenvalue weighted by Crippen LogP contribution is -2.47. The fourth-order valence-electron chi connectivity index (χ4n) is 2.11. The molecular formula is C14H30N2O6S. The van der Waals surface area contributed by atoms with E-state index in [-0.39, 0.29) is 18.2 Å². The summed E-state index contributed by atoms with van der Waals surface area (Å²) in [6, 6.07) is 0.185. The molecule has 0 spiro atoms. The Morgan fingerprint density at radius 1 is 1.35 bits per heavy atom. The molecule has 1 heterocycles. The number of alkyl carbamates (subject to hydrolysis) is 1. The molecule has 1 aliphatic heterocycles. The number of hydrogen-bond acceptors (Lipinski definition) is 6. The van der Waals surface area contributed by atoms with Gasteiger partial charge in [0, 0.05) is 25.7 Å². The van der Waals surface area contributed by atoms with E-state index in [1.54, 1.807) is 6.92 Å². The highest BCUT2D eigenvalue weighted by molar-refractivity contribution is 7.85. The van der Waals surface area contributed by atoms with Crippen molar-refractivity contribution in [3.05, 3.63) is 0 Å². The highest BCUT2D eigenvalue weighted by Crippen LogP contribution is 2.12. The number of likely N-dealkylation sites (tertiary alicyclic amines) is 1. The number of β-amino-alcohol motifs (C(OH)–C–C–N with tert-alkyl or cyclic N) is 1. The summed E-state index contributed by atoms with van der Waals surface area (Å²) in [6.07, 6.45) is 1.90. The second-order valence-corrected chi connectivity index (χ2v) is 8.27. The number of carbonyl (C=O) groups excluding carboxylic acids is 1. The van der Waals surface area contributed by atoms with Gasteiger partial charge in [-0.1, -0.05) is 0 Å². The van der Waals surface area contributed by atoms with Crippen LogP contribution in [0.2, 0.25) is 0 Å². The van der Waals surface area contributed by atoms with E-state index in [0.717, 1.165) is 25.9 Å². The minimum atomic E-state index is -3.67. The number of aliphatic hydroxyl groups excluding tert-OH is 1. The van der Waals surface area contributed by atoms with Crippen LogP contribution < -0.4 is 5.32 Å². The lowest BCUT2D eigenvalue weighted by atomic mass is 10.1. The molecule has 0 aromatic rings. The van der Waals surface area contributed by atoms with Gasteiger partial charge in [-0.25, -0.2) is 4.79 Å². The van der Waals surface area contributed by atoms with E-state index in [1.807, 2.05) is 20.8 Å². The van der Waals surface area contributed by atoms with Gasteiger partial charge < -0.3 is 20.1 Å². The highest BCUT2D eigenvalue weighted by Gasteiger charge is 2.23. The predicted molar refractivity (Wildman–Crippen MR) is 88.0 cm³/mol. The number of nitrogens with zero attached hydrogens (tertiary/aromatic N) is 1. The third-order valence-corrected chi connectivity index (χ3v) is 2.83. The van der Waals surface area contributed by atoms with Gasteiger partial charge in [-0.05, 0) is 40.5 Å². The Balaban J connectivity index is 0.000000841. The molecule has 1 amide bonds. The van der Waals surface area contributed by atoms with Gasteiger partial charge in [0.2, 0.25) is 0 Å². The van der Waals surface area contributed by atoms with E-state index in [0.29, 0.717) is 12.8 Å². The van der Waals surface area contributed by atoms with Gasteiger partial charge in [-0.3, -0.25) is 4.55 Å². The molecule has 3 N–H and O–H groups in total. The SMILES string of the molecule is CC(O)CN1CCC(NC(=O)OC(C)(C)C)CC1.CS(=O)(=O)O. The van der Waals surface area contributed by atoms with Gasteiger partial charge in [-0.2, -0.15) is 8.42 Å². The van der Waals surface area contributed by atoms with Crippen molar-refractivity contribution in [3.63, 3.8) is 0 Å². The summed E-state index contributed by atoms with van der Waals surface area (Å²) in [4.78, 5) is 13.8. The normalized spacial score (nSPS) is 18.6. The van der Waals surface area contributed by atoms with Crippen molar-refractivity contribution in [2.45, 2.75) is 58.3 Å². The van der Waals surface area contributed by atoms with Crippen LogP contribution in [0.5, 0.6) is 0 Å². The molecule has 0 aromatic heterocycles. The Bertz CT molecular complexity index is 442. The Hall–Kier alpha value is -0.900. The van der Waals surface area contributed by atoms with Crippen LogP contribution >= 0.6 is 0 Å². The van der Waals surface area contributed by atoms with E-state index >= 15 is 0 Å². The number of rotatable bonds is 3. The van der Waals surface area contributed by atoms with Crippen molar-refractivity contribution in [2.75, 3.05) is 25.9 Å². The number of amides is 1. The summed E-state index contributed by atoms with van der Waals surface area (Å²) in [7, 11) is -3.67. The van der Waals surface area contributed by atoms with Crippen LogP contribution in [0.25, 0.3) is 0 Å². The zero-order valence-corrected chi connectivity index (χ0v) is 15.4. The van der Waals surface area contributed by atoms with Gasteiger partial charge in [0.15, 0.2) is 0 Å². The van der Waals surface area contributed by atoms with Crippen LogP contribution in [0.1, 0.15) is 40.5 Å². The topological polar surface area (TPSA) is 116 Å². The minimum absolute atomic E-state index is 0.185. The first-order valence-corrected chi connectivity index (χ1v) is 9.43. The summed E-state index contributed by atoms with van der Waals surface area (Å²) in [5, 5.41) is 12.2. The number of hydrogen-bond donors (Lipinski definition) is 3. The number of carbonyl (C=O) groups is 1. The monoisotopic (exact) mass is 354 g/mol. The zero-order valence-electron chi connectivity index (χ0n) is 14.6. The molecule has 8 nitrogen and oxygen atoms in total. The van der Waals surface area contributed by atoms with Crippen LogP contribution in [0.4, 0.5) is 4.79 Å². The second-order valence-electron chi connectivity index (χ2n) is 6.80. The Labute approximate surface area is 138 Å². The third-order valence-electron chi connectivity index (χ3n) is 2.83. The average molecular weight is 354 g/mol. The van der Waals surface area contributed by atoms with Crippen molar-refractivity contribution in [3.8, 4) is 0 Å². The van der Waals surface area contributed by atoms with Gasteiger partial charge >= 0.3 is 6.09 Å². The fourth-order valence-corrected chi connectivity index (χ4v) is 2.11. The van der Waals surface area contributed by atoms with Crippen molar-refractivity contribution < 1.29 is 27.6 Å². The first-order chi connectivity index (χ1) is 10.3. The Kier molecular flexibility index (Phi) is 9.04. The standard InChI is InChI=1S/C13H26N2O3.CH4O3S/c1-10(16)9-15-7-5-11(6-8-15)14-12(17)18-13(2,3)4;1-5(2,3)4/h10-11,16H,5-9H2,1-4H3,(H,14,17);1H3,(H,2,3,4). The molecule has 0 radical (unpaired) electrons. The van der Waals surface area contributed by atoms with Crippen LogP contribution in [-0.2, 0) is 14.9 Å². The van der Waals surface area contributed by atoms with E-state index in [1.165, 1.54) is 0 Å². The first kappa shape index (κ1) is 22.1. The highest BCUT2D eigenvalue weighted by atomic mass is 32.2. The lowest BCUT2D eigenvalue weighted by molar-refractivity contribution is 0.0464. The smallest absolute Gasteiger partial charge is 0.407 e. The van der Waals surface area contributed by atoms with Crippen LogP contribution in [0, 0.1) is 0 Å². The molecule has 1 atom stereocenters. The van der Waals surface area contributed by atoms with Crippen molar-refractivity contribution >= 4 is 16.2 Å². The first-order valence-electron chi connectivity index (χ1n) is 7.58. The van der Waals surface area contributed by atoms with Gasteiger partial charge in [0.05, 0.1) is 12.4 Å². The van der Waals surface area contributed by atoms with Crippen LogP contribution in [0.3, 0.4) is 0 Å². The van der Waals surface area contributed by atoms with E-state index < -0.39 is 15.7 Å². The number of aliphatic hydroxyl groups is 1. The summed E-state index contributed by atoms with van der Waals surface area (Å²) in [6.45, 7) is 9.90. The molecule has 23 heavy (non-hydrogen) atoms. The van der Waals surface area contributed by atoms with Gasteiger partial charge in [0.1, 0.15) is 5.60 Å². The van der Waals surface area contributed by atoms with Crippen LogP contribution in [-0.4, -0.2) is 72.7 Å². The van der Waals surface area contributed by atoms with Crippen LogP contribution in [0.15, 0.2) is 0 Å². The largest absolute Gasteiger partial charge is 0.444 e. The second kappa shape index (κ2) is 9.41. The molecule has 0 aliphatic carbocycles. The maximum Gasteiger partial charge on any atom is 0.407 e. The molecule has 1 aliphatic rings. The molecule has 1 unspecified atom stereocenters. The summed E-state index contributed by atoms with van der Waals surface area (Å²) < 4.78 is 31.1. The number of piperidine rings is 1. The Morgan fingerprint density at radius 3 is 2.13 bits per heavy atom. The molecule has 1 rings (SSSR count). The average Bonchev–Trinajstić information content (AvgIpc) is 2.26. The lowest BCUT2D eigenvalue weighted by Gasteiger charge is -2.33. The molecule has 9 heteroatoms. The zero-order chi connectivity index (χ0) is 18.3. The summed E-state index contributed by atoms with van der Waals surface area (Å²) in [5.41, 5.74) is -0.447. The molecular weight excluding hydrogens is 324 g/mol. The van der Waals surface area contributed by atoms with Crippen molar-refractivity contribution in [1.29, 1.82) is 0 Å². The fraction of sp³-hybridized carbons (Fsp3) is 0.929. The van der Waals surface area contributed by atoms with Gasteiger partial charge in [0.25, 0.3) is 10.1 Å².